The van der Waals surface area contributed by atoms with Gasteiger partial charge in [0.05, 0.1) is 46.2 Å². The average Bonchev–Trinajstić information content (AvgIpc) is 3.08. The highest BCUT2D eigenvalue weighted by Crippen LogP contribution is 2.32. The van der Waals surface area contributed by atoms with Gasteiger partial charge in [-0.15, -0.1) is 0 Å². The molecule has 3 aromatic rings. The number of nitrogens with one attached hydrogen (secondary N) is 1. The number of carbonyl (C=O) groups is 2. The molecule has 1 saturated heterocycles. The molecule has 2 amide bonds. The minimum Gasteiger partial charge on any atom is -0.496 e. The Bertz CT molecular complexity index is 1500. The van der Waals surface area contributed by atoms with Crippen LogP contribution in [0.25, 0.3) is 0 Å². The Balaban J connectivity index is 1.31. The highest BCUT2D eigenvalue weighted by molar-refractivity contribution is 5.72. The average molecular weight is 691 g/mol. The third kappa shape index (κ3) is 12.2. The molecule has 4 rings (SSSR count). The smallest absolute Gasteiger partial charge is 0.410 e. The molecule has 50 heavy (non-hydrogen) atoms. The maximum atomic E-state index is 13.0. The molecule has 1 fully saturated rings. The predicted molar refractivity (Wildman–Crippen MR) is 193 cm³/mol. The molecule has 1 N–H and O–H groups in total. The Morgan fingerprint density at radius 1 is 0.900 bits per heavy atom. The molecule has 2 atom stereocenters. The fraction of sp³-hybridized carbons (Fsp3) is 0.500. The number of hydrogen-bond acceptors (Lipinski definition) is 8. The van der Waals surface area contributed by atoms with Crippen LogP contribution in [-0.2, 0) is 32.0 Å². The van der Waals surface area contributed by atoms with E-state index in [-0.39, 0.29) is 24.0 Å². The highest BCUT2D eigenvalue weighted by atomic mass is 16.6. The zero-order valence-corrected chi connectivity index (χ0v) is 30.5. The molecule has 1 aliphatic heterocycles. The molecule has 2 unspecified atom stereocenters. The maximum absolute atomic E-state index is 13.0. The van der Waals surface area contributed by atoms with Crippen LogP contribution in [0.3, 0.4) is 0 Å². The van der Waals surface area contributed by atoms with Crippen LogP contribution in [0, 0.1) is 6.92 Å². The van der Waals surface area contributed by atoms with Gasteiger partial charge in [0.25, 0.3) is 0 Å². The van der Waals surface area contributed by atoms with Crippen molar-refractivity contribution >= 4 is 12.0 Å². The van der Waals surface area contributed by atoms with Gasteiger partial charge >= 0.3 is 6.09 Å². The Hall–Kier alpha value is -4.28. The molecule has 0 radical (unpaired) electrons. The van der Waals surface area contributed by atoms with Crippen molar-refractivity contribution in [2.75, 3.05) is 53.2 Å². The van der Waals surface area contributed by atoms with Crippen LogP contribution in [0.5, 0.6) is 17.2 Å². The molecule has 0 bridgehead atoms. The second-order valence-electron chi connectivity index (χ2n) is 13.5. The van der Waals surface area contributed by atoms with Crippen LogP contribution in [0.1, 0.15) is 68.7 Å². The number of para-hydroxylation sites is 1. The van der Waals surface area contributed by atoms with E-state index in [9.17, 15) is 9.59 Å². The number of ether oxygens (including phenoxy) is 6. The Morgan fingerprint density at radius 2 is 1.66 bits per heavy atom. The number of nitrogens with zero attached hydrogens (tertiary/aromatic N) is 1. The van der Waals surface area contributed by atoms with Gasteiger partial charge in [0.15, 0.2) is 0 Å². The highest BCUT2D eigenvalue weighted by Gasteiger charge is 2.35. The van der Waals surface area contributed by atoms with Crippen molar-refractivity contribution in [1.82, 2.24) is 10.2 Å². The van der Waals surface area contributed by atoms with E-state index in [0.29, 0.717) is 59.1 Å². The summed E-state index contributed by atoms with van der Waals surface area (Å²) >= 11 is 0. The lowest BCUT2D eigenvalue weighted by molar-refractivity contribution is -0.118. The first kappa shape index (κ1) is 38.5. The first-order valence-corrected chi connectivity index (χ1v) is 17.5. The minimum absolute atomic E-state index is 0.0544. The number of benzene rings is 3. The van der Waals surface area contributed by atoms with Crippen molar-refractivity contribution in [3.63, 3.8) is 0 Å². The number of hydrogen-bond donors (Lipinski definition) is 1. The molecule has 272 valence electrons. The zero-order valence-electron chi connectivity index (χ0n) is 30.5. The van der Waals surface area contributed by atoms with E-state index in [4.69, 9.17) is 28.4 Å². The monoisotopic (exact) mass is 690 g/mol. The van der Waals surface area contributed by atoms with Crippen LogP contribution < -0.4 is 19.5 Å². The van der Waals surface area contributed by atoms with E-state index < -0.39 is 5.60 Å². The van der Waals surface area contributed by atoms with Gasteiger partial charge in [-0.3, -0.25) is 4.79 Å². The fourth-order valence-electron chi connectivity index (χ4n) is 5.97. The van der Waals surface area contributed by atoms with Gasteiger partial charge in [-0.25, -0.2) is 4.79 Å². The fourth-order valence-corrected chi connectivity index (χ4v) is 5.97. The molecule has 1 aliphatic rings. The van der Waals surface area contributed by atoms with Gasteiger partial charge in [0.1, 0.15) is 29.5 Å². The summed E-state index contributed by atoms with van der Waals surface area (Å²) in [6.45, 7) is 13.0. The van der Waals surface area contributed by atoms with Crippen molar-refractivity contribution in [2.24, 2.45) is 0 Å². The second kappa shape index (κ2) is 19.2. The van der Waals surface area contributed by atoms with E-state index in [2.05, 4.69) is 17.4 Å². The summed E-state index contributed by atoms with van der Waals surface area (Å²) in [4.78, 5) is 26.1. The van der Waals surface area contributed by atoms with Gasteiger partial charge in [0.2, 0.25) is 5.91 Å². The quantitative estimate of drug-likeness (QED) is 0.153. The van der Waals surface area contributed by atoms with Gasteiger partial charge < -0.3 is 38.6 Å². The van der Waals surface area contributed by atoms with Gasteiger partial charge in [0, 0.05) is 37.9 Å². The van der Waals surface area contributed by atoms with Crippen LogP contribution in [0.2, 0.25) is 0 Å². The van der Waals surface area contributed by atoms with E-state index in [1.165, 1.54) is 6.92 Å². The first-order valence-electron chi connectivity index (χ1n) is 17.5. The zero-order chi connectivity index (χ0) is 35.9. The SMILES string of the molecule is COc1ccccc1COCCCOc1ccc(C2CCN(C(=O)OC(C)(C)C)CC2OCCOc2cccc(C)c2CCNC(C)=O)cc1. The number of rotatable bonds is 17. The van der Waals surface area contributed by atoms with Crippen molar-refractivity contribution in [3.05, 3.63) is 89.0 Å². The third-order valence-corrected chi connectivity index (χ3v) is 8.46. The van der Waals surface area contributed by atoms with Gasteiger partial charge in [-0.2, -0.15) is 0 Å². The molecule has 0 saturated carbocycles. The molecular formula is C40H54N2O8. The summed E-state index contributed by atoms with van der Waals surface area (Å²) in [5.41, 5.74) is 3.75. The number of methoxy groups -OCH3 is 1. The molecule has 1 heterocycles. The largest absolute Gasteiger partial charge is 0.496 e. The van der Waals surface area contributed by atoms with E-state index in [0.717, 1.165) is 52.3 Å². The molecule has 0 spiro atoms. The standard InChI is InChI=1S/C40H54N2O8/c1-29-11-9-14-37(34(29)19-21-41-30(2)43)48-25-26-49-38-27-42(39(44)50-40(3,4)5)22-20-35(38)31-15-17-33(18-16-31)47-24-10-23-46-28-32-12-7-8-13-36(32)45-6/h7-9,11-18,35,38H,10,19-28H2,1-6H3,(H,41,43). The summed E-state index contributed by atoms with van der Waals surface area (Å²) in [5.74, 6) is 2.43. The molecular weight excluding hydrogens is 636 g/mol. The summed E-state index contributed by atoms with van der Waals surface area (Å²) in [5, 5.41) is 2.86. The first-order chi connectivity index (χ1) is 24.0. The van der Waals surface area contributed by atoms with Crippen molar-refractivity contribution in [3.8, 4) is 17.2 Å². The van der Waals surface area contributed by atoms with Crippen molar-refractivity contribution in [2.45, 2.75) is 78.1 Å². The van der Waals surface area contributed by atoms with Crippen LogP contribution in [-0.4, -0.2) is 81.8 Å². The molecule has 10 heteroatoms. The summed E-state index contributed by atoms with van der Waals surface area (Å²) < 4.78 is 35.5. The second-order valence-corrected chi connectivity index (χ2v) is 13.5. The summed E-state index contributed by atoms with van der Waals surface area (Å²) in [7, 11) is 1.66. The lowest BCUT2D eigenvalue weighted by atomic mass is 9.87. The topological polar surface area (TPSA) is 105 Å². The Labute approximate surface area is 297 Å². The number of likely N-dealkylation sites (tertiary alicyclic amines) is 1. The predicted octanol–water partition coefficient (Wildman–Crippen LogP) is 6.86. The molecule has 10 nitrogen and oxygen atoms in total. The Morgan fingerprint density at radius 3 is 2.40 bits per heavy atom. The number of aryl methyl sites for hydroxylation is 1. The van der Waals surface area contributed by atoms with Crippen molar-refractivity contribution < 1.29 is 38.0 Å². The molecule has 3 aromatic carbocycles. The minimum atomic E-state index is -0.582. The van der Waals surface area contributed by atoms with E-state index in [1.807, 2.05) is 82.3 Å². The number of carbonyl (C=O) groups excluding carboxylic acids is 2. The summed E-state index contributed by atoms with van der Waals surface area (Å²) in [6.07, 6.45) is 1.59. The lowest BCUT2D eigenvalue weighted by Crippen LogP contribution is -2.48. The number of amides is 2. The van der Waals surface area contributed by atoms with Gasteiger partial charge in [-0.1, -0.05) is 42.5 Å². The van der Waals surface area contributed by atoms with Crippen molar-refractivity contribution in [1.29, 1.82) is 0 Å². The lowest BCUT2D eigenvalue weighted by Gasteiger charge is -2.39. The molecule has 0 aromatic heterocycles. The Kier molecular flexibility index (Phi) is 14.8. The van der Waals surface area contributed by atoms with Crippen LogP contribution in [0.4, 0.5) is 4.79 Å². The maximum Gasteiger partial charge on any atom is 0.410 e. The van der Waals surface area contributed by atoms with E-state index >= 15 is 0 Å². The third-order valence-electron chi connectivity index (χ3n) is 8.46. The van der Waals surface area contributed by atoms with Crippen LogP contribution in [0.15, 0.2) is 66.7 Å². The summed E-state index contributed by atoms with van der Waals surface area (Å²) in [6, 6.07) is 22.0. The van der Waals surface area contributed by atoms with E-state index in [1.54, 1.807) is 12.0 Å². The normalized spacial score (nSPS) is 16.1. The van der Waals surface area contributed by atoms with Crippen LogP contribution >= 0.6 is 0 Å². The van der Waals surface area contributed by atoms with Gasteiger partial charge in [-0.05, 0) is 81.5 Å². The number of piperidine rings is 1. The molecule has 0 aliphatic carbocycles.